The molecule has 10 atom stereocenters. The molecule has 3 unspecified atom stereocenters. The lowest BCUT2D eigenvalue weighted by Crippen LogP contribution is -2.68. The van der Waals surface area contributed by atoms with E-state index >= 15 is 4.79 Å². The average Bonchev–Trinajstić information content (AvgIpc) is 3.63. The Morgan fingerprint density at radius 1 is 0.656 bits per heavy atom. The smallest absolute Gasteiger partial charge is 0.320 e. The summed E-state index contributed by atoms with van der Waals surface area (Å²) in [5, 5.41) is 0. The van der Waals surface area contributed by atoms with Crippen LogP contribution in [0.25, 0.3) is 0 Å². The first-order valence-electron chi connectivity index (χ1n) is 24.4. The summed E-state index contributed by atoms with van der Waals surface area (Å²) in [5.41, 5.74) is 0.611. The van der Waals surface area contributed by atoms with Crippen molar-refractivity contribution in [3.05, 3.63) is 12.2 Å². The Balaban J connectivity index is 0.956. The molecule has 342 valence electrons. The lowest BCUT2D eigenvalue weighted by atomic mass is 9.32. The van der Waals surface area contributed by atoms with Gasteiger partial charge in [0.15, 0.2) is 0 Å². The van der Waals surface area contributed by atoms with Crippen molar-refractivity contribution in [1.82, 2.24) is 19.6 Å². The highest BCUT2D eigenvalue weighted by Gasteiger charge is 2.72. The lowest BCUT2D eigenvalue weighted by Gasteiger charge is -2.73. The fourth-order valence-corrected chi connectivity index (χ4v) is 16.1. The molecule has 0 spiro atoms. The second-order valence-electron chi connectivity index (χ2n) is 23.4. The highest BCUT2D eigenvalue weighted by atomic mass is 16.5. The van der Waals surface area contributed by atoms with Crippen LogP contribution in [0.2, 0.25) is 0 Å². The molecule has 4 amide bonds. The molecule has 0 aromatic carbocycles. The zero-order chi connectivity index (χ0) is 43.8. The second-order valence-corrected chi connectivity index (χ2v) is 23.4. The minimum Gasteiger partial charge on any atom is -0.462 e. The van der Waals surface area contributed by atoms with E-state index in [0.717, 1.165) is 57.8 Å². The number of fused-ring (bicyclic) bond motifs is 7. The summed E-state index contributed by atoms with van der Waals surface area (Å²) in [5.74, 6) is 2.38. The molecule has 11 heteroatoms. The summed E-state index contributed by atoms with van der Waals surface area (Å²) >= 11 is 0. The number of hydrogen-bond acceptors (Lipinski definition) is 7. The minimum atomic E-state index is -0.482. The largest absolute Gasteiger partial charge is 0.462 e. The van der Waals surface area contributed by atoms with Crippen LogP contribution in [0.4, 0.5) is 4.79 Å². The number of hydrogen-bond donors (Lipinski definition) is 0. The topological polar surface area (TPSA) is 109 Å². The van der Waals surface area contributed by atoms with E-state index in [0.29, 0.717) is 121 Å². The predicted octanol–water partition coefficient (Wildman–Crippen LogP) is 7.82. The highest BCUT2D eigenvalue weighted by molar-refractivity contribution is 5.84. The van der Waals surface area contributed by atoms with Crippen LogP contribution in [0.1, 0.15) is 132 Å². The van der Waals surface area contributed by atoms with Crippen molar-refractivity contribution in [1.29, 1.82) is 0 Å². The molecular formula is C50H80N4O7. The summed E-state index contributed by atoms with van der Waals surface area (Å²) in [4.78, 5) is 63.2. The monoisotopic (exact) mass is 849 g/mol. The molecule has 0 aromatic heterocycles. The van der Waals surface area contributed by atoms with Crippen LogP contribution in [-0.4, -0.2) is 128 Å². The number of esters is 1. The third-order valence-corrected chi connectivity index (χ3v) is 19.4. The third-order valence-electron chi connectivity index (χ3n) is 19.4. The van der Waals surface area contributed by atoms with Gasteiger partial charge in [-0.15, -0.1) is 0 Å². The Labute approximate surface area is 367 Å². The Morgan fingerprint density at radius 3 is 1.90 bits per heavy atom. The van der Waals surface area contributed by atoms with Crippen LogP contribution < -0.4 is 0 Å². The summed E-state index contributed by atoms with van der Waals surface area (Å²) in [6.45, 7) is 30.7. The first kappa shape index (κ1) is 44.9. The van der Waals surface area contributed by atoms with E-state index in [1.54, 1.807) is 0 Å². The number of piperazine rings is 1. The van der Waals surface area contributed by atoms with Crippen LogP contribution in [0, 0.1) is 62.1 Å². The fraction of sp³-hybridized carbons (Fsp3) is 0.880. The molecule has 3 heterocycles. The first-order chi connectivity index (χ1) is 28.8. The number of amides is 4. The first-order valence-corrected chi connectivity index (χ1v) is 24.4. The normalized spacial score (nSPS) is 39.9. The van der Waals surface area contributed by atoms with E-state index in [1.165, 1.54) is 12.0 Å². The molecule has 11 nitrogen and oxygen atoms in total. The van der Waals surface area contributed by atoms with Crippen LogP contribution in [-0.2, 0) is 28.6 Å². The number of morpholine rings is 2. The van der Waals surface area contributed by atoms with E-state index < -0.39 is 5.41 Å². The van der Waals surface area contributed by atoms with E-state index in [-0.39, 0.29) is 57.5 Å². The molecule has 8 aliphatic rings. The Morgan fingerprint density at radius 2 is 1.26 bits per heavy atom. The van der Waals surface area contributed by atoms with Crippen molar-refractivity contribution in [3.63, 3.8) is 0 Å². The Kier molecular flexibility index (Phi) is 12.1. The van der Waals surface area contributed by atoms with Gasteiger partial charge in [0.1, 0.15) is 6.10 Å². The third kappa shape index (κ3) is 7.57. The zero-order valence-corrected chi connectivity index (χ0v) is 39.3. The van der Waals surface area contributed by atoms with Gasteiger partial charge in [0.2, 0.25) is 11.8 Å². The van der Waals surface area contributed by atoms with Gasteiger partial charge in [-0.3, -0.25) is 14.4 Å². The lowest BCUT2D eigenvalue weighted by molar-refractivity contribution is -0.250. The van der Waals surface area contributed by atoms with Gasteiger partial charge >= 0.3 is 12.0 Å². The number of ether oxygens (including phenoxy) is 3. The van der Waals surface area contributed by atoms with Crippen molar-refractivity contribution >= 4 is 23.8 Å². The molecule has 0 bridgehead atoms. The van der Waals surface area contributed by atoms with Gasteiger partial charge in [-0.25, -0.2) is 4.79 Å². The number of allylic oxidation sites excluding steroid dienone is 1. The van der Waals surface area contributed by atoms with Gasteiger partial charge in [0.25, 0.3) is 0 Å². The molecule has 8 rings (SSSR count). The van der Waals surface area contributed by atoms with Gasteiger partial charge in [0.05, 0.1) is 38.3 Å². The minimum absolute atomic E-state index is 0.0860. The number of rotatable bonds is 7. The summed E-state index contributed by atoms with van der Waals surface area (Å²) in [7, 11) is 0. The molecule has 5 saturated carbocycles. The van der Waals surface area contributed by atoms with Crippen molar-refractivity contribution < 1.29 is 33.4 Å². The quantitative estimate of drug-likeness (QED) is 0.190. The molecule has 3 aliphatic heterocycles. The number of urea groups is 1. The number of carbonyl (C=O) groups excluding carboxylic acids is 4. The van der Waals surface area contributed by atoms with Crippen molar-refractivity contribution in [2.45, 2.75) is 139 Å². The summed E-state index contributed by atoms with van der Waals surface area (Å²) < 4.78 is 17.4. The van der Waals surface area contributed by atoms with E-state index in [1.807, 2.05) is 28.5 Å². The maximum Gasteiger partial charge on any atom is 0.320 e. The average molecular weight is 849 g/mol. The Bertz CT molecular complexity index is 1710. The van der Waals surface area contributed by atoms with Crippen molar-refractivity contribution in [2.24, 2.45) is 62.1 Å². The van der Waals surface area contributed by atoms with Crippen LogP contribution in [0.5, 0.6) is 0 Å². The molecule has 0 N–H and O–H groups in total. The predicted molar refractivity (Wildman–Crippen MR) is 235 cm³/mol. The van der Waals surface area contributed by atoms with Crippen LogP contribution >= 0.6 is 0 Å². The fourth-order valence-electron chi connectivity index (χ4n) is 16.1. The van der Waals surface area contributed by atoms with Crippen molar-refractivity contribution in [3.8, 4) is 0 Å². The standard InChI is InChI=1S/C50H80N4O7/c1-34(2)35-12-17-50(43(57)52-20-22-53(23-21-52)44(58)54-26-30-60-31-27-54)19-18-48(8)36(42(35)50)10-11-38-47(7)15-14-39(46(5,6)37(47)13-16-49(38,48)9)61-41(56)33-45(3,4)32-40(55)51-24-28-59-29-25-51/h35-39,42H,1,10-33H2,2-9H3/t35-,36-,37?,38?,39+,42?,47+,48-,49-,50+/m1/s1. The molecular weight excluding hydrogens is 769 g/mol. The number of carbonyl (C=O) groups is 4. The number of nitrogens with zero attached hydrogens (tertiary/aromatic N) is 4. The van der Waals surface area contributed by atoms with E-state index in [9.17, 15) is 14.4 Å². The maximum atomic E-state index is 15.2. The SMILES string of the molecule is C=C(C)[C@H]1CC[C@]2(C(=O)N3CCN(C(=O)N4CCOCC4)CC3)CC[C@]3(C)[C@H](CCC4[C@@]5(C)CC[C@H](OC(=O)CC(C)(C)CC(=O)N6CCOCC6)C(C)(C)C5CC[C@]43C)C12. The van der Waals surface area contributed by atoms with Gasteiger partial charge in [0, 0.05) is 64.2 Å². The van der Waals surface area contributed by atoms with Gasteiger partial charge < -0.3 is 33.8 Å². The zero-order valence-electron chi connectivity index (χ0n) is 39.3. The van der Waals surface area contributed by atoms with Crippen LogP contribution in [0.3, 0.4) is 0 Å². The van der Waals surface area contributed by atoms with Gasteiger partial charge in [-0.1, -0.05) is 60.6 Å². The summed E-state index contributed by atoms with van der Waals surface area (Å²) in [6, 6.07) is 0.0860. The van der Waals surface area contributed by atoms with Crippen LogP contribution in [0.15, 0.2) is 12.2 Å². The van der Waals surface area contributed by atoms with Gasteiger partial charge in [-0.2, -0.15) is 0 Å². The Hall–Kier alpha value is -2.66. The van der Waals surface area contributed by atoms with Gasteiger partial charge in [-0.05, 0) is 122 Å². The molecule has 5 aliphatic carbocycles. The molecule has 0 radical (unpaired) electrons. The molecule has 8 fully saturated rings. The molecule has 61 heavy (non-hydrogen) atoms. The van der Waals surface area contributed by atoms with Crippen molar-refractivity contribution in [2.75, 3.05) is 78.8 Å². The summed E-state index contributed by atoms with van der Waals surface area (Å²) in [6.07, 6.45) is 11.0. The maximum absolute atomic E-state index is 15.2. The molecule has 0 aromatic rings. The highest BCUT2D eigenvalue weighted by Crippen LogP contribution is 2.77. The van der Waals surface area contributed by atoms with E-state index in [4.69, 9.17) is 14.2 Å². The second kappa shape index (κ2) is 16.4. The van der Waals surface area contributed by atoms with E-state index in [2.05, 4.69) is 53.0 Å². The molecule has 3 saturated heterocycles.